The molecule has 0 saturated carbocycles. The molecule has 3 nitrogen and oxygen atoms in total. The Bertz CT molecular complexity index is 148. The molecule has 0 bridgehead atoms. The highest BCUT2D eigenvalue weighted by Gasteiger charge is 2.13. The Morgan fingerprint density at radius 2 is 2.67 bits per heavy atom. The summed E-state index contributed by atoms with van der Waals surface area (Å²) in [5.74, 6) is -0.285. The van der Waals surface area contributed by atoms with Crippen LogP contribution >= 0.6 is 0 Å². The van der Waals surface area contributed by atoms with Gasteiger partial charge in [0.05, 0.1) is 25.6 Å². The first kappa shape index (κ1) is 6.13. The third-order valence-corrected chi connectivity index (χ3v) is 1.16. The van der Waals surface area contributed by atoms with Gasteiger partial charge in [0.2, 0.25) is 0 Å². The molecule has 0 aromatic carbocycles. The lowest BCUT2D eigenvalue weighted by atomic mass is 10.2. The molecule has 0 spiro atoms. The van der Waals surface area contributed by atoms with Crippen LogP contribution in [0.5, 0.6) is 0 Å². The Labute approximate surface area is 53.3 Å². The summed E-state index contributed by atoms with van der Waals surface area (Å²) in [6.45, 7) is 0.602. The van der Waals surface area contributed by atoms with Gasteiger partial charge < -0.3 is 9.47 Å². The second kappa shape index (κ2) is 2.53. The number of esters is 1. The van der Waals surface area contributed by atoms with E-state index < -0.39 is 0 Å². The number of methoxy groups -OCH3 is 1. The summed E-state index contributed by atoms with van der Waals surface area (Å²) in [6, 6.07) is 0. The van der Waals surface area contributed by atoms with Crippen LogP contribution in [-0.4, -0.2) is 19.7 Å². The van der Waals surface area contributed by atoms with Gasteiger partial charge in [0, 0.05) is 6.42 Å². The highest BCUT2D eigenvalue weighted by Crippen LogP contribution is 2.10. The van der Waals surface area contributed by atoms with Crippen LogP contribution in [0.3, 0.4) is 0 Å². The van der Waals surface area contributed by atoms with Crippen LogP contribution in [0.1, 0.15) is 6.42 Å². The van der Waals surface area contributed by atoms with Gasteiger partial charge in [0.15, 0.2) is 0 Å². The summed E-state index contributed by atoms with van der Waals surface area (Å²) in [4.78, 5) is 10.6. The maximum Gasteiger partial charge on any atom is 0.336 e. The Balaban J connectivity index is 2.51. The van der Waals surface area contributed by atoms with E-state index in [-0.39, 0.29) is 5.97 Å². The summed E-state index contributed by atoms with van der Waals surface area (Å²) < 4.78 is 9.26. The Morgan fingerprint density at radius 1 is 1.89 bits per heavy atom. The molecule has 0 saturated heterocycles. The van der Waals surface area contributed by atoms with E-state index in [4.69, 9.17) is 4.74 Å². The summed E-state index contributed by atoms with van der Waals surface area (Å²) in [7, 11) is 1.36. The monoisotopic (exact) mass is 128 g/mol. The Hall–Kier alpha value is -0.990. The number of rotatable bonds is 1. The van der Waals surface area contributed by atoms with Crippen molar-refractivity contribution < 1.29 is 14.3 Å². The van der Waals surface area contributed by atoms with E-state index in [2.05, 4.69) is 4.74 Å². The van der Waals surface area contributed by atoms with Crippen LogP contribution in [0.15, 0.2) is 11.8 Å². The summed E-state index contributed by atoms with van der Waals surface area (Å²) in [5.41, 5.74) is 0.623. The fourth-order valence-electron chi connectivity index (χ4n) is 0.669. The molecule has 0 fully saturated rings. The van der Waals surface area contributed by atoms with Gasteiger partial charge in [-0.25, -0.2) is 4.79 Å². The molecular weight excluding hydrogens is 120 g/mol. The zero-order chi connectivity index (χ0) is 6.69. The molecule has 0 radical (unpaired) electrons. The highest BCUT2D eigenvalue weighted by atomic mass is 16.5. The van der Waals surface area contributed by atoms with Gasteiger partial charge in [-0.05, 0) is 0 Å². The lowest BCUT2D eigenvalue weighted by Crippen LogP contribution is -2.02. The van der Waals surface area contributed by atoms with Crippen molar-refractivity contribution in [1.82, 2.24) is 0 Å². The van der Waals surface area contributed by atoms with Gasteiger partial charge in [-0.2, -0.15) is 0 Å². The molecule has 1 rings (SSSR count). The largest absolute Gasteiger partial charge is 0.500 e. The van der Waals surface area contributed by atoms with Gasteiger partial charge in [0.25, 0.3) is 0 Å². The second-order valence-corrected chi connectivity index (χ2v) is 1.76. The molecule has 0 aromatic heterocycles. The molecule has 3 heteroatoms. The fraction of sp³-hybridized carbons (Fsp3) is 0.500. The zero-order valence-electron chi connectivity index (χ0n) is 5.22. The van der Waals surface area contributed by atoms with Crippen LogP contribution < -0.4 is 0 Å². The minimum absolute atomic E-state index is 0.285. The third kappa shape index (κ3) is 1.22. The SMILES string of the molecule is COC(=O)C1=COCC1. The van der Waals surface area contributed by atoms with E-state index in [1.165, 1.54) is 13.4 Å². The molecule has 0 N–H and O–H groups in total. The standard InChI is InChI=1S/C6H8O3/c1-8-6(7)5-2-3-9-4-5/h4H,2-3H2,1H3. The van der Waals surface area contributed by atoms with Crippen molar-refractivity contribution in [2.75, 3.05) is 13.7 Å². The maximum absolute atomic E-state index is 10.6. The Morgan fingerprint density at radius 3 is 3.11 bits per heavy atom. The fourth-order valence-corrected chi connectivity index (χ4v) is 0.669. The first-order valence-corrected chi connectivity index (χ1v) is 2.73. The average Bonchev–Trinajstić information content (AvgIpc) is 2.37. The number of carbonyl (C=O) groups excluding carboxylic acids is 1. The molecule has 1 heterocycles. The van der Waals surface area contributed by atoms with Crippen molar-refractivity contribution in [1.29, 1.82) is 0 Å². The smallest absolute Gasteiger partial charge is 0.336 e. The molecule has 0 aliphatic carbocycles. The van der Waals surface area contributed by atoms with E-state index in [0.29, 0.717) is 18.6 Å². The predicted molar refractivity (Wildman–Crippen MR) is 30.7 cm³/mol. The molecule has 0 atom stereocenters. The van der Waals surface area contributed by atoms with E-state index in [9.17, 15) is 4.79 Å². The second-order valence-electron chi connectivity index (χ2n) is 1.76. The quantitative estimate of drug-likeness (QED) is 0.481. The maximum atomic E-state index is 10.6. The number of ether oxygens (including phenoxy) is 2. The van der Waals surface area contributed by atoms with Gasteiger partial charge in [-0.1, -0.05) is 0 Å². The van der Waals surface area contributed by atoms with Gasteiger partial charge in [0.1, 0.15) is 0 Å². The highest BCUT2D eigenvalue weighted by molar-refractivity contribution is 5.88. The van der Waals surface area contributed by atoms with Crippen LogP contribution in [-0.2, 0) is 14.3 Å². The lowest BCUT2D eigenvalue weighted by Gasteiger charge is -1.93. The molecule has 1 aliphatic heterocycles. The topological polar surface area (TPSA) is 35.5 Å². The predicted octanol–water partition coefficient (Wildman–Crippen LogP) is 0.464. The molecule has 50 valence electrons. The van der Waals surface area contributed by atoms with Gasteiger partial charge in [-0.3, -0.25) is 0 Å². The minimum atomic E-state index is -0.285. The van der Waals surface area contributed by atoms with Crippen molar-refractivity contribution in [3.63, 3.8) is 0 Å². The molecule has 0 amide bonds. The van der Waals surface area contributed by atoms with Crippen LogP contribution in [0.4, 0.5) is 0 Å². The average molecular weight is 128 g/mol. The van der Waals surface area contributed by atoms with E-state index >= 15 is 0 Å². The van der Waals surface area contributed by atoms with E-state index in [1.807, 2.05) is 0 Å². The van der Waals surface area contributed by atoms with Crippen molar-refractivity contribution in [2.24, 2.45) is 0 Å². The van der Waals surface area contributed by atoms with E-state index in [0.717, 1.165) is 0 Å². The van der Waals surface area contributed by atoms with Crippen molar-refractivity contribution in [2.45, 2.75) is 6.42 Å². The summed E-state index contributed by atoms with van der Waals surface area (Å²) in [6.07, 6.45) is 2.12. The van der Waals surface area contributed by atoms with Gasteiger partial charge in [-0.15, -0.1) is 0 Å². The van der Waals surface area contributed by atoms with Crippen molar-refractivity contribution in [3.8, 4) is 0 Å². The number of hydrogen-bond acceptors (Lipinski definition) is 3. The number of carbonyl (C=O) groups is 1. The van der Waals surface area contributed by atoms with Crippen LogP contribution in [0, 0.1) is 0 Å². The van der Waals surface area contributed by atoms with Crippen molar-refractivity contribution in [3.05, 3.63) is 11.8 Å². The lowest BCUT2D eigenvalue weighted by molar-refractivity contribution is -0.136. The molecule has 0 unspecified atom stereocenters. The molecular formula is C6H8O3. The Kier molecular flexibility index (Phi) is 1.72. The minimum Gasteiger partial charge on any atom is -0.500 e. The van der Waals surface area contributed by atoms with Crippen LogP contribution in [0.25, 0.3) is 0 Å². The zero-order valence-corrected chi connectivity index (χ0v) is 5.22. The first-order chi connectivity index (χ1) is 4.34. The molecule has 9 heavy (non-hydrogen) atoms. The molecule has 1 aliphatic rings. The summed E-state index contributed by atoms with van der Waals surface area (Å²) >= 11 is 0. The molecule has 0 aromatic rings. The number of hydrogen-bond donors (Lipinski definition) is 0. The van der Waals surface area contributed by atoms with Crippen molar-refractivity contribution >= 4 is 5.97 Å². The third-order valence-electron chi connectivity index (χ3n) is 1.16. The summed E-state index contributed by atoms with van der Waals surface area (Å²) in [5, 5.41) is 0. The first-order valence-electron chi connectivity index (χ1n) is 2.73. The van der Waals surface area contributed by atoms with Gasteiger partial charge >= 0.3 is 5.97 Å². The normalized spacial score (nSPS) is 16.3. The van der Waals surface area contributed by atoms with E-state index in [1.54, 1.807) is 0 Å². The van der Waals surface area contributed by atoms with Crippen LogP contribution in [0.2, 0.25) is 0 Å².